The number of carbonyl (C=O) groups is 2. The van der Waals surface area contributed by atoms with Crippen LogP contribution in [0.3, 0.4) is 0 Å². The fourth-order valence-electron chi connectivity index (χ4n) is 8.67. The van der Waals surface area contributed by atoms with Gasteiger partial charge in [0, 0.05) is 38.7 Å². The third-order valence-electron chi connectivity index (χ3n) is 10.7. The maximum Gasteiger partial charge on any atom is 0.229 e. The van der Waals surface area contributed by atoms with Crippen LogP contribution >= 0.6 is 11.6 Å². The van der Waals surface area contributed by atoms with Gasteiger partial charge in [-0.1, -0.05) is 42.4 Å². The zero-order valence-corrected chi connectivity index (χ0v) is 26.5. The molecule has 3 aromatic rings. The molecule has 2 N–H and O–H groups in total. The van der Waals surface area contributed by atoms with Gasteiger partial charge in [-0.15, -0.1) is 0 Å². The van der Waals surface area contributed by atoms with Gasteiger partial charge in [0.25, 0.3) is 0 Å². The minimum absolute atomic E-state index is 0.0129. The molecular formula is C35H42ClN7O2. The second kappa shape index (κ2) is 12.9. The van der Waals surface area contributed by atoms with E-state index in [0.29, 0.717) is 41.6 Å². The Kier molecular flexibility index (Phi) is 8.62. The Morgan fingerprint density at radius 1 is 1.02 bits per heavy atom. The van der Waals surface area contributed by atoms with Crippen LogP contribution in [0.1, 0.15) is 68.5 Å². The maximum absolute atomic E-state index is 13.3. The maximum atomic E-state index is 13.3. The molecule has 1 saturated heterocycles. The largest absolute Gasteiger partial charge is 0.365 e. The Labute approximate surface area is 269 Å². The number of nitrogens with one attached hydrogen (secondary N) is 2. The van der Waals surface area contributed by atoms with E-state index in [1.807, 2.05) is 35.1 Å². The van der Waals surface area contributed by atoms with Crippen molar-refractivity contribution in [3.8, 4) is 0 Å². The molecule has 9 nitrogen and oxygen atoms in total. The van der Waals surface area contributed by atoms with Gasteiger partial charge in [0.2, 0.25) is 11.9 Å². The van der Waals surface area contributed by atoms with Gasteiger partial charge < -0.3 is 15.5 Å². The van der Waals surface area contributed by atoms with E-state index in [2.05, 4.69) is 37.2 Å². The van der Waals surface area contributed by atoms with E-state index >= 15 is 0 Å². The van der Waals surface area contributed by atoms with E-state index in [1.165, 1.54) is 38.2 Å². The number of halogens is 1. The molecule has 5 fully saturated rings. The summed E-state index contributed by atoms with van der Waals surface area (Å²) in [7, 11) is 0. The smallest absolute Gasteiger partial charge is 0.229 e. The van der Waals surface area contributed by atoms with Crippen molar-refractivity contribution in [2.75, 3.05) is 23.7 Å². The highest BCUT2D eigenvalue weighted by atomic mass is 35.5. The number of allylic oxidation sites excluding steroid dienone is 1. The van der Waals surface area contributed by atoms with Gasteiger partial charge in [0.05, 0.1) is 24.1 Å². The molecular weight excluding hydrogens is 586 g/mol. The topological polar surface area (TPSA) is 105 Å². The molecule has 0 atom stereocenters. The molecule has 1 aromatic carbocycles. The molecule has 0 spiro atoms. The van der Waals surface area contributed by atoms with Gasteiger partial charge in [0.1, 0.15) is 5.02 Å². The average molecular weight is 628 g/mol. The third kappa shape index (κ3) is 6.78. The molecule has 1 aliphatic heterocycles. The molecule has 45 heavy (non-hydrogen) atoms. The van der Waals surface area contributed by atoms with Crippen molar-refractivity contribution in [1.82, 2.24) is 24.6 Å². The van der Waals surface area contributed by atoms with Gasteiger partial charge in [-0.2, -0.15) is 10.1 Å². The number of anilines is 3. The summed E-state index contributed by atoms with van der Waals surface area (Å²) in [5, 5.41) is 11.6. The lowest BCUT2D eigenvalue weighted by molar-refractivity contribution is -0.137. The fraction of sp³-hybridized carbons (Fsp3) is 0.514. The SMILES string of the molecule is C=CC(=O)Cc1cccc(CNc2nc(Nc3cnn(C4CCN(C(=O)CC5C6CC7CC(C6)CC5C7)CC4)c3)ncc2Cl)c1. The molecule has 3 heterocycles. The standard InChI is InChI=1S/C35H42ClN7O2/c1-2-30(44)16-22-4-3-5-23(10-22)18-37-34-32(36)20-38-35(41-34)40-28-19-39-43(21-28)29-6-8-42(9-7-29)33(45)17-31-26-12-24-11-25(14-26)15-27(31)13-24/h2-5,10,19-21,24-27,29,31H,1,6-9,11-18H2,(H2,37,38,40,41). The number of hydrogen-bond acceptors (Lipinski definition) is 7. The summed E-state index contributed by atoms with van der Waals surface area (Å²) in [5.41, 5.74) is 2.74. The van der Waals surface area contributed by atoms with Crippen LogP contribution in [0.25, 0.3) is 0 Å². The van der Waals surface area contributed by atoms with Crippen molar-refractivity contribution in [3.05, 3.63) is 71.7 Å². The number of rotatable bonds is 11. The van der Waals surface area contributed by atoms with Crippen molar-refractivity contribution in [3.63, 3.8) is 0 Å². The number of benzene rings is 1. The van der Waals surface area contributed by atoms with Gasteiger partial charge in [-0.3, -0.25) is 14.3 Å². The van der Waals surface area contributed by atoms with Crippen molar-refractivity contribution >= 4 is 40.7 Å². The zero-order chi connectivity index (χ0) is 30.9. The van der Waals surface area contributed by atoms with E-state index in [1.54, 1.807) is 12.4 Å². The number of likely N-dealkylation sites (tertiary alicyclic amines) is 1. The summed E-state index contributed by atoms with van der Waals surface area (Å²) in [6.07, 6.45) is 16.5. The highest BCUT2D eigenvalue weighted by Crippen LogP contribution is 2.57. The molecule has 0 unspecified atom stereocenters. The average Bonchev–Trinajstić information content (AvgIpc) is 3.51. The summed E-state index contributed by atoms with van der Waals surface area (Å²) in [6.45, 7) is 5.63. The van der Waals surface area contributed by atoms with Crippen LogP contribution in [0.5, 0.6) is 0 Å². The predicted octanol–water partition coefficient (Wildman–Crippen LogP) is 6.61. The molecule has 2 aromatic heterocycles. The van der Waals surface area contributed by atoms with Crippen LogP contribution in [0.2, 0.25) is 5.02 Å². The molecule has 5 aliphatic rings. The number of ketones is 1. The van der Waals surface area contributed by atoms with Crippen LogP contribution in [0.15, 0.2) is 55.5 Å². The van der Waals surface area contributed by atoms with Gasteiger partial charge in [-0.25, -0.2) is 4.98 Å². The summed E-state index contributed by atoms with van der Waals surface area (Å²) in [4.78, 5) is 36.1. The lowest BCUT2D eigenvalue weighted by atomic mass is 9.51. The first-order valence-corrected chi connectivity index (χ1v) is 16.9. The molecule has 0 radical (unpaired) electrons. The first-order valence-electron chi connectivity index (χ1n) is 16.5. The van der Waals surface area contributed by atoms with E-state index in [-0.39, 0.29) is 11.8 Å². The first-order chi connectivity index (χ1) is 21.9. The highest BCUT2D eigenvalue weighted by Gasteiger charge is 2.48. The lowest BCUT2D eigenvalue weighted by Gasteiger charge is -2.54. The molecule has 4 saturated carbocycles. The Bertz CT molecular complexity index is 1530. The number of aromatic nitrogens is 4. The van der Waals surface area contributed by atoms with Crippen LogP contribution in [-0.4, -0.2) is 49.4 Å². The van der Waals surface area contributed by atoms with Crippen molar-refractivity contribution < 1.29 is 9.59 Å². The Morgan fingerprint density at radius 3 is 2.49 bits per heavy atom. The van der Waals surface area contributed by atoms with Gasteiger partial charge >= 0.3 is 0 Å². The normalized spacial score (nSPS) is 25.7. The predicted molar refractivity (Wildman–Crippen MR) is 175 cm³/mol. The Balaban J connectivity index is 0.906. The first kappa shape index (κ1) is 30.0. The van der Waals surface area contributed by atoms with E-state index in [9.17, 15) is 9.59 Å². The molecule has 4 bridgehead atoms. The minimum atomic E-state index is -0.0129. The van der Waals surface area contributed by atoms with Crippen LogP contribution in [0.4, 0.5) is 17.5 Å². The van der Waals surface area contributed by atoms with Crippen LogP contribution in [0, 0.1) is 29.6 Å². The quantitative estimate of drug-likeness (QED) is 0.231. The van der Waals surface area contributed by atoms with Crippen molar-refractivity contribution in [2.45, 2.75) is 70.4 Å². The van der Waals surface area contributed by atoms with Crippen molar-refractivity contribution in [2.24, 2.45) is 29.6 Å². The Morgan fingerprint density at radius 2 is 1.76 bits per heavy atom. The summed E-state index contributed by atoms with van der Waals surface area (Å²) in [6, 6.07) is 8.09. The second-order valence-electron chi connectivity index (χ2n) is 13.7. The number of carbonyl (C=O) groups excluding carboxylic acids is 2. The number of hydrogen-bond donors (Lipinski definition) is 2. The second-order valence-corrected chi connectivity index (χ2v) is 14.1. The fourth-order valence-corrected chi connectivity index (χ4v) is 8.83. The van der Waals surface area contributed by atoms with Crippen molar-refractivity contribution in [1.29, 1.82) is 0 Å². The third-order valence-corrected chi connectivity index (χ3v) is 11.0. The van der Waals surface area contributed by atoms with E-state index in [4.69, 9.17) is 11.6 Å². The molecule has 10 heteroatoms. The number of amides is 1. The summed E-state index contributed by atoms with van der Waals surface area (Å²) >= 11 is 6.40. The monoisotopic (exact) mass is 627 g/mol. The molecule has 236 valence electrons. The Hall–Kier alpha value is -3.72. The number of nitrogens with zero attached hydrogens (tertiary/aromatic N) is 5. The van der Waals surface area contributed by atoms with E-state index < -0.39 is 0 Å². The van der Waals surface area contributed by atoms with Crippen LogP contribution < -0.4 is 10.6 Å². The number of piperidine rings is 1. The molecule has 1 amide bonds. The van der Waals surface area contributed by atoms with E-state index in [0.717, 1.165) is 72.8 Å². The zero-order valence-electron chi connectivity index (χ0n) is 25.7. The molecule has 4 aliphatic carbocycles. The highest BCUT2D eigenvalue weighted by molar-refractivity contribution is 6.32. The summed E-state index contributed by atoms with van der Waals surface area (Å²) < 4.78 is 2.00. The summed E-state index contributed by atoms with van der Waals surface area (Å²) in [5.74, 6) is 5.40. The minimum Gasteiger partial charge on any atom is -0.365 e. The van der Waals surface area contributed by atoms with Gasteiger partial charge in [-0.05, 0) is 91.7 Å². The van der Waals surface area contributed by atoms with Gasteiger partial charge in [0.15, 0.2) is 11.6 Å². The lowest BCUT2D eigenvalue weighted by Crippen LogP contribution is -2.47. The van der Waals surface area contributed by atoms with Crippen LogP contribution in [-0.2, 0) is 22.6 Å². The molecule has 8 rings (SSSR count).